The summed E-state index contributed by atoms with van der Waals surface area (Å²) in [5.41, 5.74) is 1.17. The first-order valence-electron chi connectivity index (χ1n) is 7.74. The Morgan fingerprint density at radius 1 is 1.32 bits per heavy atom. The van der Waals surface area contributed by atoms with Gasteiger partial charge in [0.1, 0.15) is 0 Å². The van der Waals surface area contributed by atoms with Crippen molar-refractivity contribution in [1.82, 2.24) is 15.2 Å². The van der Waals surface area contributed by atoms with Gasteiger partial charge in [0, 0.05) is 18.8 Å². The van der Waals surface area contributed by atoms with Crippen molar-refractivity contribution in [2.75, 3.05) is 19.6 Å². The molecule has 0 aliphatic heterocycles. The molecular formula is C16H27N3. The van der Waals surface area contributed by atoms with Crippen molar-refractivity contribution < 1.29 is 0 Å². The molecule has 1 heterocycles. The summed E-state index contributed by atoms with van der Waals surface area (Å²) in [7, 11) is 0. The Hall–Kier alpha value is -0.930. The average Bonchev–Trinajstić information content (AvgIpc) is 2.96. The SMILES string of the molecule is CCN(CCCNC1CCCC1)Cc1ccccn1. The third kappa shape index (κ3) is 5.29. The van der Waals surface area contributed by atoms with Crippen molar-refractivity contribution in [2.24, 2.45) is 0 Å². The predicted molar refractivity (Wildman–Crippen MR) is 80.1 cm³/mol. The maximum absolute atomic E-state index is 4.40. The van der Waals surface area contributed by atoms with Gasteiger partial charge in [-0.15, -0.1) is 0 Å². The van der Waals surface area contributed by atoms with Gasteiger partial charge in [-0.1, -0.05) is 25.8 Å². The second-order valence-corrected chi connectivity index (χ2v) is 5.48. The topological polar surface area (TPSA) is 28.2 Å². The molecule has 0 radical (unpaired) electrons. The summed E-state index contributed by atoms with van der Waals surface area (Å²) in [6, 6.07) is 6.95. The lowest BCUT2D eigenvalue weighted by Crippen LogP contribution is -2.31. The molecule has 1 aromatic heterocycles. The number of pyridine rings is 1. The number of nitrogens with zero attached hydrogens (tertiary/aromatic N) is 2. The number of hydrogen-bond donors (Lipinski definition) is 1. The second kappa shape index (κ2) is 8.28. The first kappa shape index (κ1) is 14.5. The van der Waals surface area contributed by atoms with Crippen LogP contribution in [0.2, 0.25) is 0 Å². The fraction of sp³-hybridized carbons (Fsp3) is 0.688. The van der Waals surface area contributed by atoms with Crippen molar-refractivity contribution in [2.45, 2.75) is 51.6 Å². The van der Waals surface area contributed by atoms with Crippen LogP contribution >= 0.6 is 0 Å². The molecule has 0 aromatic carbocycles. The molecule has 106 valence electrons. The summed E-state index contributed by atoms with van der Waals surface area (Å²) < 4.78 is 0. The minimum Gasteiger partial charge on any atom is -0.314 e. The molecule has 0 saturated heterocycles. The summed E-state index contributed by atoms with van der Waals surface area (Å²) in [6.07, 6.45) is 8.70. The lowest BCUT2D eigenvalue weighted by molar-refractivity contribution is 0.270. The largest absolute Gasteiger partial charge is 0.314 e. The Bertz CT molecular complexity index is 333. The number of aromatic nitrogens is 1. The maximum Gasteiger partial charge on any atom is 0.0543 e. The first-order valence-corrected chi connectivity index (χ1v) is 7.74. The number of hydrogen-bond acceptors (Lipinski definition) is 3. The van der Waals surface area contributed by atoms with Crippen LogP contribution < -0.4 is 5.32 Å². The third-order valence-corrected chi connectivity index (χ3v) is 4.00. The summed E-state index contributed by atoms with van der Waals surface area (Å²) in [6.45, 7) is 6.62. The van der Waals surface area contributed by atoms with E-state index in [2.05, 4.69) is 34.3 Å². The average molecular weight is 261 g/mol. The van der Waals surface area contributed by atoms with E-state index in [0.29, 0.717) is 0 Å². The molecule has 1 N–H and O–H groups in total. The van der Waals surface area contributed by atoms with E-state index in [1.807, 2.05) is 12.3 Å². The van der Waals surface area contributed by atoms with Gasteiger partial charge in [-0.3, -0.25) is 9.88 Å². The van der Waals surface area contributed by atoms with Crippen molar-refractivity contribution in [3.63, 3.8) is 0 Å². The van der Waals surface area contributed by atoms with Crippen LogP contribution in [-0.4, -0.2) is 35.6 Å². The molecule has 0 atom stereocenters. The highest BCUT2D eigenvalue weighted by Crippen LogP contribution is 2.17. The van der Waals surface area contributed by atoms with Gasteiger partial charge < -0.3 is 5.32 Å². The highest BCUT2D eigenvalue weighted by molar-refractivity contribution is 5.03. The molecule has 0 bridgehead atoms. The van der Waals surface area contributed by atoms with Crippen LogP contribution in [0.3, 0.4) is 0 Å². The van der Waals surface area contributed by atoms with Crippen LogP contribution in [-0.2, 0) is 6.54 Å². The van der Waals surface area contributed by atoms with Crippen molar-refractivity contribution in [1.29, 1.82) is 0 Å². The van der Waals surface area contributed by atoms with Crippen LogP contribution in [0.4, 0.5) is 0 Å². The highest BCUT2D eigenvalue weighted by Gasteiger charge is 2.13. The molecule has 1 fully saturated rings. The molecule has 1 aromatic rings. The second-order valence-electron chi connectivity index (χ2n) is 5.48. The van der Waals surface area contributed by atoms with Gasteiger partial charge in [-0.2, -0.15) is 0 Å². The Morgan fingerprint density at radius 2 is 2.16 bits per heavy atom. The van der Waals surface area contributed by atoms with E-state index >= 15 is 0 Å². The van der Waals surface area contributed by atoms with Gasteiger partial charge in [-0.25, -0.2) is 0 Å². The normalized spacial score (nSPS) is 16.3. The number of nitrogens with one attached hydrogen (secondary N) is 1. The van der Waals surface area contributed by atoms with Gasteiger partial charge in [0.05, 0.1) is 5.69 Å². The quantitative estimate of drug-likeness (QED) is 0.729. The molecular weight excluding hydrogens is 234 g/mol. The molecule has 3 nitrogen and oxygen atoms in total. The minimum absolute atomic E-state index is 0.797. The van der Waals surface area contributed by atoms with Gasteiger partial charge >= 0.3 is 0 Å². The summed E-state index contributed by atoms with van der Waals surface area (Å²) in [5, 5.41) is 3.68. The minimum atomic E-state index is 0.797. The van der Waals surface area contributed by atoms with E-state index in [9.17, 15) is 0 Å². The Morgan fingerprint density at radius 3 is 2.84 bits per heavy atom. The summed E-state index contributed by atoms with van der Waals surface area (Å²) in [4.78, 5) is 6.87. The van der Waals surface area contributed by atoms with E-state index in [1.165, 1.54) is 37.8 Å². The lowest BCUT2D eigenvalue weighted by atomic mass is 10.2. The Balaban J connectivity index is 1.62. The van der Waals surface area contributed by atoms with Crippen LogP contribution in [0.1, 0.15) is 44.7 Å². The highest BCUT2D eigenvalue weighted by atomic mass is 15.1. The van der Waals surface area contributed by atoms with Crippen molar-refractivity contribution >= 4 is 0 Å². The molecule has 2 rings (SSSR count). The van der Waals surface area contributed by atoms with E-state index in [0.717, 1.165) is 32.2 Å². The summed E-state index contributed by atoms with van der Waals surface area (Å²) in [5.74, 6) is 0. The van der Waals surface area contributed by atoms with Gasteiger partial charge in [0.2, 0.25) is 0 Å². The van der Waals surface area contributed by atoms with Gasteiger partial charge in [0.25, 0.3) is 0 Å². The van der Waals surface area contributed by atoms with Gasteiger partial charge in [-0.05, 0) is 51.0 Å². The standard InChI is InChI=1S/C16H27N3/c1-2-19(14-16-10-5-6-11-18-16)13-7-12-17-15-8-3-4-9-15/h5-6,10-11,15,17H,2-4,7-9,12-14H2,1H3. The monoisotopic (exact) mass is 261 g/mol. The van der Waals surface area contributed by atoms with Crippen LogP contribution in [0.15, 0.2) is 24.4 Å². The van der Waals surface area contributed by atoms with Crippen LogP contribution in [0, 0.1) is 0 Å². The molecule has 1 saturated carbocycles. The third-order valence-electron chi connectivity index (χ3n) is 4.00. The molecule has 1 aliphatic carbocycles. The molecule has 0 amide bonds. The molecule has 3 heteroatoms. The zero-order chi connectivity index (χ0) is 13.3. The molecule has 0 spiro atoms. The summed E-state index contributed by atoms with van der Waals surface area (Å²) >= 11 is 0. The van der Waals surface area contributed by atoms with E-state index in [4.69, 9.17) is 0 Å². The zero-order valence-electron chi connectivity index (χ0n) is 12.1. The van der Waals surface area contributed by atoms with E-state index in [1.54, 1.807) is 0 Å². The Labute approximate surface area is 117 Å². The first-order chi connectivity index (χ1) is 9.38. The van der Waals surface area contributed by atoms with E-state index < -0.39 is 0 Å². The molecule has 19 heavy (non-hydrogen) atoms. The smallest absolute Gasteiger partial charge is 0.0543 e. The fourth-order valence-electron chi connectivity index (χ4n) is 2.81. The fourth-order valence-corrected chi connectivity index (χ4v) is 2.81. The lowest BCUT2D eigenvalue weighted by Gasteiger charge is -2.20. The van der Waals surface area contributed by atoms with Crippen molar-refractivity contribution in [3.05, 3.63) is 30.1 Å². The predicted octanol–water partition coefficient (Wildman–Crippen LogP) is 2.83. The van der Waals surface area contributed by atoms with Gasteiger partial charge in [0.15, 0.2) is 0 Å². The molecule has 0 unspecified atom stereocenters. The maximum atomic E-state index is 4.40. The zero-order valence-corrected chi connectivity index (χ0v) is 12.1. The van der Waals surface area contributed by atoms with E-state index in [-0.39, 0.29) is 0 Å². The van der Waals surface area contributed by atoms with Crippen LogP contribution in [0.25, 0.3) is 0 Å². The van der Waals surface area contributed by atoms with Crippen LogP contribution in [0.5, 0.6) is 0 Å². The number of rotatable bonds is 8. The molecule has 1 aliphatic rings. The van der Waals surface area contributed by atoms with Crippen molar-refractivity contribution in [3.8, 4) is 0 Å². The Kier molecular flexibility index (Phi) is 6.31.